The van der Waals surface area contributed by atoms with Gasteiger partial charge in [0, 0.05) is 0 Å². The van der Waals surface area contributed by atoms with Gasteiger partial charge >= 0.3 is 0 Å². The molecule has 0 unspecified atom stereocenters. The van der Waals surface area contributed by atoms with E-state index >= 15 is 0 Å². The Kier molecular flexibility index (Phi) is 7.51. The second kappa shape index (κ2) is 9.64. The SMILES string of the molecule is CCCCCCCCCc1cc(O)c(C2=CCCCC2)c(O)c1. The smallest absolute Gasteiger partial charge is 0.127 e. The number of unbranched alkanes of at least 4 members (excludes halogenated alkanes) is 6. The van der Waals surface area contributed by atoms with Gasteiger partial charge in [0.05, 0.1) is 5.56 Å². The average Bonchev–Trinajstić information content (AvgIpc) is 2.54. The van der Waals surface area contributed by atoms with Crippen LogP contribution in [0.5, 0.6) is 11.5 Å². The number of benzene rings is 1. The lowest BCUT2D eigenvalue weighted by atomic mass is 9.91. The number of hydrogen-bond acceptors (Lipinski definition) is 2. The van der Waals surface area contributed by atoms with Crippen LogP contribution in [0.3, 0.4) is 0 Å². The lowest BCUT2D eigenvalue weighted by molar-refractivity contribution is 0.445. The quantitative estimate of drug-likeness (QED) is 0.521. The van der Waals surface area contributed by atoms with Gasteiger partial charge in [-0.2, -0.15) is 0 Å². The molecule has 1 aliphatic carbocycles. The molecule has 0 aromatic heterocycles. The predicted octanol–water partition coefficient (Wildman–Crippen LogP) is 6.35. The van der Waals surface area contributed by atoms with E-state index in [1.165, 1.54) is 44.9 Å². The molecule has 128 valence electrons. The lowest BCUT2D eigenvalue weighted by Crippen LogP contribution is -1.95. The van der Waals surface area contributed by atoms with E-state index in [1.54, 1.807) is 0 Å². The second-order valence-corrected chi connectivity index (χ2v) is 6.86. The Morgan fingerprint density at radius 2 is 1.52 bits per heavy atom. The van der Waals surface area contributed by atoms with Crippen molar-refractivity contribution in [3.63, 3.8) is 0 Å². The van der Waals surface area contributed by atoms with Gasteiger partial charge in [0.25, 0.3) is 0 Å². The van der Waals surface area contributed by atoms with E-state index in [4.69, 9.17) is 0 Å². The van der Waals surface area contributed by atoms with Crippen molar-refractivity contribution in [2.75, 3.05) is 0 Å². The van der Waals surface area contributed by atoms with Gasteiger partial charge in [-0.25, -0.2) is 0 Å². The summed E-state index contributed by atoms with van der Waals surface area (Å²) in [4.78, 5) is 0. The third kappa shape index (κ3) is 5.60. The monoisotopic (exact) mass is 316 g/mol. The number of phenols is 2. The molecule has 2 rings (SSSR count). The summed E-state index contributed by atoms with van der Waals surface area (Å²) in [5.41, 5.74) is 2.82. The highest BCUT2D eigenvalue weighted by molar-refractivity contribution is 5.75. The summed E-state index contributed by atoms with van der Waals surface area (Å²) in [5, 5.41) is 20.6. The molecule has 1 aliphatic rings. The van der Waals surface area contributed by atoms with Crippen LogP contribution in [0, 0.1) is 0 Å². The van der Waals surface area contributed by atoms with Crippen LogP contribution in [0.15, 0.2) is 18.2 Å². The van der Waals surface area contributed by atoms with E-state index < -0.39 is 0 Å². The Morgan fingerprint density at radius 1 is 0.870 bits per heavy atom. The summed E-state index contributed by atoms with van der Waals surface area (Å²) in [6, 6.07) is 3.70. The number of allylic oxidation sites excluding steroid dienone is 2. The predicted molar refractivity (Wildman–Crippen MR) is 97.9 cm³/mol. The molecule has 0 heterocycles. The first-order valence-electron chi connectivity index (χ1n) is 9.46. The number of hydrogen-bond donors (Lipinski definition) is 2. The fraction of sp³-hybridized carbons (Fsp3) is 0.619. The summed E-state index contributed by atoms with van der Waals surface area (Å²) in [5.74, 6) is 0.493. The van der Waals surface area contributed by atoms with Crippen molar-refractivity contribution in [2.45, 2.75) is 84.0 Å². The van der Waals surface area contributed by atoms with E-state index in [-0.39, 0.29) is 11.5 Å². The zero-order chi connectivity index (χ0) is 16.5. The Labute approximate surface area is 141 Å². The molecule has 2 N–H and O–H groups in total. The van der Waals surface area contributed by atoms with Gasteiger partial charge in [-0.05, 0) is 61.8 Å². The van der Waals surface area contributed by atoms with Gasteiger partial charge in [0.15, 0.2) is 0 Å². The molecule has 2 heteroatoms. The van der Waals surface area contributed by atoms with Crippen LogP contribution in [-0.4, -0.2) is 10.2 Å². The minimum Gasteiger partial charge on any atom is -0.507 e. The molecule has 2 nitrogen and oxygen atoms in total. The molecule has 1 aromatic rings. The van der Waals surface area contributed by atoms with Gasteiger partial charge < -0.3 is 10.2 Å². The molecule has 0 amide bonds. The minimum absolute atomic E-state index is 0.246. The Hall–Kier alpha value is -1.44. The highest BCUT2D eigenvalue weighted by Crippen LogP contribution is 2.39. The molecule has 0 saturated carbocycles. The van der Waals surface area contributed by atoms with Gasteiger partial charge in [0.1, 0.15) is 11.5 Å². The molecule has 0 fully saturated rings. The number of aromatic hydroxyl groups is 2. The molecule has 23 heavy (non-hydrogen) atoms. The standard InChI is InChI=1S/C21H32O2/c1-2-3-4-5-6-7-9-12-17-15-19(22)21(20(23)16-17)18-13-10-8-11-14-18/h13,15-16,22-23H,2-12,14H2,1H3. The van der Waals surface area contributed by atoms with Crippen LogP contribution < -0.4 is 0 Å². The highest BCUT2D eigenvalue weighted by Gasteiger charge is 2.15. The van der Waals surface area contributed by atoms with Crippen molar-refractivity contribution in [1.29, 1.82) is 0 Å². The van der Waals surface area contributed by atoms with Gasteiger partial charge in [0.2, 0.25) is 0 Å². The van der Waals surface area contributed by atoms with E-state index in [2.05, 4.69) is 13.0 Å². The topological polar surface area (TPSA) is 40.5 Å². The summed E-state index contributed by atoms with van der Waals surface area (Å²) in [7, 11) is 0. The highest BCUT2D eigenvalue weighted by atomic mass is 16.3. The molecule has 0 aliphatic heterocycles. The maximum Gasteiger partial charge on any atom is 0.127 e. The van der Waals surface area contributed by atoms with Crippen molar-refractivity contribution in [3.8, 4) is 11.5 Å². The van der Waals surface area contributed by atoms with E-state index in [0.717, 1.165) is 43.2 Å². The number of phenolic OH excluding ortho intramolecular Hbond substituents is 2. The molecular formula is C21H32O2. The molecule has 0 atom stereocenters. The first-order valence-corrected chi connectivity index (χ1v) is 9.46. The third-order valence-corrected chi connectivity index (χ3v) is 4.84. The minimum atomic E-state index is 0.246. The van der Waals surface area contributed by atoms with Crippen molar-refractivity contribution in [2.24, 2.45) is 0 Å². The molecule has 0 radical (unpaired) electrons. The summed E-state index contributed by atoms with van der Waals surface area (Å²) < 4.78 is 0. The van der Waals surface area contributed by atoms with Crippen molar-refractivity contribution >= 4 is 5.57 Å². The third-order valence-electron chi connectivity index (χ3n) is 4.84. The Balaban J connectivity index is 1.86. The van der Waals surface area contributed by atoms with Crippen molar-refractivity contribution in [1.82, 2.24) is 0 Å². The normalized spacial score (nSPS) is 14.7. The molecule has 0 bridgehead atoms. The summed E-state index contributed by atoms with van der Waals surface area (Å²) >= 11 is 0. The summed E-state index contributed by atoms with van der Waals surface area (Å²) in [6.07, 6.45) is 16.4. The fourth-order valence-corrected chi connectivity index (χ4v) is 3.49. The largest absolute Gasteiger partial charge is 0.507 e. The van der Waals surface area contributed by atoms with Gasteiger partial charge in [-0.1, -0.05) is 51.5 Å². The first kappa shape index (κ1) is 17.9. The molecule has 0 spiro atoms. The second-order valence-electron chi connectivity index (χ2n) is 6.86. The Bertz CT molecular complexity index is 494. The van der Waals surface area contributed by atoms with Crippen molar-refractivity contribution in [3.05, 3.63) is 29.3 Å². The Morgan fingerprint density at radius 3 is 2.13 bits per heavy atom. The number of aryl methyl sites for hydroxylation is 1. The van der Waals surface area contributed by atoms with Crippen LogP contribution in [0.4, 0.5) is 0 Å². The average molecular weight is 316 g/mol. The molecular weight excluding hydrogens is 284 g/mol. The van der Waals surface area contributed by atoms with E-state index in [9.17, 15) is 10.2 Å². The van der Waals surface area contributed by atoms with E-state index in [0.29, 0.717) is 5.56 Å². The first-order chi connectivity index (χ1) is 11.2. The van der Waals surface area contributed by atoms with Gasteiger partial charge in [-0.15, -0.1) is 0 Å². The van der Waals surface area contributed by atoms with E-state index in [1.807, 2.05) is 12.1 Å². The molecule has 1 aromatic carbocycles. The fourth-order valence-electron chi connectivity index (χ4n) is 3.49. The van der Waals surface area contributed by atoms with Crippen LogP contribution >= 0.6 is 0 Å². The van der Waals surface area contributed by atoms with Crippen LogP contribution in [0.25, 0.3) is 5.57 Å². The number of rotatable bonds is 9. The van der Waals surface area contributed by atoms with Crippen LogP contribution in [0.2, 0.25) is 0 Å². The van der Waals surface area contributed by atoms with Crippen LogP contribution in [-0.2, 0) is 6.42 Å². The van der Waals surface area contributed by atoms with Crippen LogP contribution in [0.1, 0.15) is 88.7 Å². The van der Waals surface area contributed by atoms with Crippen molar-refractivity contribution < 1.29 is 10.2 Å². The lowest BCUT2D eigenvalue weighted by Gasteiger charge is -2.16. The maximum absolute atomic E-state index is 10.3. The molecule has 0 saturated heterocycles. The zero-order valence-corrected chi connectivity index (χ0v) is 14.6. The maximum atomic E-state index is 10.3. The zero-order valence-electron chi connectivity index (χ0n) is 14.6. The summed E-state index contributed by atoms with van der Waals surface area (Å²) in [6.45, 7) is 2.24. The van der Waals surface area contributed by atoms with Gasteiger partial charge in [-0.3, -0.25) is 0 Å².